The van der Waals surface area contributed by atoms with Crippen molar-refractivity contribution < 1.29 is 17.9 Å². The summed E-state index contributed by atoms with van der Waals surface area (Å²) in [5, 5.41) is 0. The van der Waals surface area contributed by atoms with Crippen LogP contribution in [0.3, 0.4) is 0 Å². The Labute approximate surface area is 120 Å². The molecule has 0 radical (unpaired) electrons. The van der Waals surface area contributed by atoms with E-state index in [4.69, 9.17) is 0 Å². The summed E-state index contributed by atoms with van der Waals surface area (Å²) < 4.78 is 30.5. The highest BCUT2D eigenvalue weighted by Gasteiger charge is 2.34. The molecule has 6 heteroatoms. The molecule has 0 amide bonds. The summed E-state index contributed by atoms with van der Waals surface area (Å²) in [5.41, 5.74) is 1.58. The Hall–Kier alpha value is -1.40. The van der Waals surface area contributed by atoms with Crippen LogP contribution in [0.4, 0.5) is 0 Å². The van der Waals surface area contributed by atoms with E-state index >= 15 is 0 Å². The summed E-state index contributed by atoms with van der Waals surface area (Å²) in [6.45, 7) is 6.62. The first-order valence-electron chi connectivity index (χ1n) is 6.25. The minimum atomic E-state index is -3.66. The van der Waals surface area contributed by atoms with E-state index in [9.17, 15) is 13.2 Å². The van der Waals surface area contributed by atoms with Crippen LogP contribution in [0, 0.1) is 6.92 Å². The molecule has 20 heavy (non-hydrogen) atoms. The van der Waals surface area contributed by atoms with Crippen LogP contribution in [0.5, 0.6) is 0 Å². The standard InChI is InChI=1S/C14H21NO4S/c1-10-6-8-11(9-7-10)12(13(16)19-5)15-20(17,18)14(2,3)4/h6-9,12,15H,1-5H3. The first-order valence-corrected chi connectivity index (χ1v) is 7.73. The van der Waals surface area contributed by atoms with Gasteiger partial charge in [-0.3, -0.25) is 0 Å². The van der Waals surface area contributed by atoms with Crippen molar-refractivity contribution >= 4 is 16.0 Å². The number of benzene rings is 1. The second-order valence-electron chi connectivity index (χ2n) is 5.60. The van der Waals surface area contributed by atoms with E-state index in [0.29, 0.717) is 5.56 Å². The van der Waals surface area contributed by atoms with Crippen molar-refractivity contribution in [2.75, 3.05) is 7.11 Å². The third-order valence-electron chi connectivity index (χ3n) is 2.93. The zero-order chi connectivity index (χ0) is 15.6. The van der Waals surface area contributed by atoms with E-state index in [-0.39, 0.29) is 0 Å². The number of rotatable bonds is 4. The van der Waals surface area contributed by atoms with Gasteiger partial charge in [0.1, 0.15) is 6.04 Å². The SMILES string of the molecule is COC(=O)C(NS(=O)(=O)C(C)(C)C)c1ccc(C)cc1. The van der Waals surface area contributed by atoms with Gasteiger partial charge < -0.3 is 4.74 Å². The van der Waals surface area contributed by atoms with Gasteiger partial charge >= 0.3 is 5.97 Å². The van der Waals surface area contributed by atoms with Crippen LogP contribution in [0.1, 0.15) is 37.9 Å². The maximum atomic E-state index is 12.2. The average molecular weight is 299 g/mol. The molecular formula is C14H21NO4S. The van der Waals surface area contributed by atoms with Crippen molar-refractivity contribution in [3.8, 4) is 0 Å². The van der Waals surface area contributed by atoms with Crippen molar-refractivity contribution in [2.45, 2.75) is 38.5 Å². The molecule has 0 aliphatic heterocycles. The van der Waals surface area contributed by atoms with E-state index in [1.165, 1.54) is 7.11 Å². The third kappa shape index (κ3) is 3.80. The lowest BCUT2D eigenvalue weighted by Gasteiger charge is -2.24. The molecule has 1 aromatic carbocycles. The van der Waals surface area contributed by atoms with Crippen molar-refractivity contribution in [2.24, 2.45) is 0 Å². The molecule has 0 aliphatic carbocycles. The minimum Gasteiger partial charge on any atom is -0.468 e. The molecular weight excluding hydrogens is 278 g/mol. The van der Waals surface area contributed by atoms with Gasteiger partial charge in [-0.05, 0) is 33.3 Å². The minimum absolute atomic E-state index is 0.551. The molecule has 0 bridgehead atoms. The van der Waals surface area contributed by atoms with E-state index < -0.39 is 26.8 Å². The van der Waals surface area contributed by atoms with Crippen molar-refractivity contribution in [1.82, 2.24) is 4.72 Å². The van der Waals surface area contributed by atoms with E-state index in [1.54, 1.807) is 32.9 Å². The number of hydrogen-bond donors (Lipinski definition) is 1. The Morgan fingerprint density at radius 1 is 1.20 bits per heavy atom. The van der Waals surface area contributed by atoms with Crippen LogP contribution in [-0.2, 0) is 19.6 Å². The summed E-state index contributed by atoms with van der Waals surface area (Å²) >= 11 is 0. The molecule has 0 aliphatic rings. The smallest absolute Gasteiger partial charge is 0.328 e. The molecule has 0 saturated carbocycles. The lowest BCUT2D eigenvalue weighted by Crippen LogP contribution is -2.43. The molecule has 1 aromatic rings. The molecule has 0 heterocycles. The van der Waals surface area contributed by atoms with E-state index in [0.717, 1.165) is 5.56 Å². The monoisotopic (exact) mass is 299 g/mol. The zero-order valence-electron chi connectivity index (χ0n) is 12.4. The van der Waals surface area contributed by atoms with Gasteiger partial charge in [0, 0.05) is 0 Å². The number of carbonyl (C=O) groups is 1. The zero-order valence-corrected chi connectivity index (χ0v) is 13.2. The number of hydrogen-bond acceptors (Lipinski definition) is 4. The molecule has 1 rings (SSSR count). The normalized spacial score (nSPS) is 13.8. The van der Waals surface area contributed by atoms with Crippen LogP contribution >= 0.6 is 0 Å². The number of sulfonamides is 1. The van der Waals surface area contributed by atoms with Crippen LogP contribution < -0.4 is 4.72 Å². The Bertz CT molecular complexity index is 570. The Balaban J connectivity index is 3.16. The van der Waals surface area contributed by atoms with E-state index in [1.807, 2.05) is 19.1 Å². The lowest BCUT2D eigenvalue weighted by molar-refractivity contribution is -0.142. The number of ether oxygens (including phenoxy) is 1. The Morgan fingerprint density at radius 2 is 1.70 bits per heavy atom. The highest BCUT2D eigenvalue weighted by atomic mass is 32.2. The summed E-state index contributed by atoms with van der Waals surface area (Å²) in [5.74, 6) is -0.637. The number of carbonyl (C=O) groups excluding carboxylic acids is 1. The number of nitrogens with one attached hydrogen (secondary N) is 1. The van der Waals surface area contributed by atoms with Crippen LogP contribution in [0.15, 0.2) is 24.3 Å². The van der Waals surface area contributed by atoms with Gasteiger partial charge in [0.2, 0.25) is 10.0 Å². The molecule has 1 unspecified atom stereocenters. The van der Waals surface area contributed by atoms with Gasteiger partial charge in [-0.25, -0.2) is 13.2 Å². The molecule has 0 fully saturated rings. The Kier molecular flexibility index (Phi) is 4.94. The fraction of sp³-hybridized carbons (Fsp3) is 0.500. The molecule has 112 valence electrons. The molecule has 0 spiro atoms. The van der Waals surface area contributed by atoms with Crippen LogP contribution in [0.2, 0.25) is 0 Å². The van der Waals surface area contributed by atoms with E-state index in [2.05, 4.69) is 9.46 Å². The largest absolute Gasteiger partial charge is 0.468 e. The summed E-state index contributed by atoms with van der Waals surface area (Å²) in [6.07, 6.45) is 0. The Morgan fingerprint density at radius 3 is 2.10 bits per heavy atom. The summed E-state index contributed by atoms with van der Waals surface area (Å²) in [4.78, 5) is 11.9. The number of aryl methyl sites for hydroxylation is 1. The first-order chi connectivity index (χ1) is 9.08. The highest BCUT2D eigenvalue weighted by Crippen LogP contribution is 2.21. The molecule has 0 saturated heterocycles. The van der Waals surface area contributed by atoms with Gasteiger partial charge in [0.05, 0.1) is 11.9 Å². The maximum absolute atomic E-state index is 12.2. The van der Waals surface area contributed by atoms with Crippen molar-refractivity contribution in [3.05, 3.63) is 35.4 Å². The number of esters is 1. The van der Waals surface area contributed by atoms with Crippen LogP contribution in [-0.4, -0.2) is 26.2 Å². The summed E-state index contributed by atoms with van der Waals surface area (Å²) in [6, 6.07) is 6.02. The number of methoxy groups -OCH3 is 1. The quantitative estimate of drug-likeness (QED) is 0.862. The summed E-state index contributed by atoms with van der Waals surface area (Å²) in [7, 11) is -2.43. The second kappa shape index (κ2) is 5.93. The predicted molar refractivity (Wildman–Crippen MR) is 77.7 cm³/mol. The first kappa shape index (κ1) is 16.7. The van der Waals surface area contributed by atoms with Gasteiger partial charge in [-0.2, -0.15) is 4.72 Å². The third-order valence-corrected chi connectivity index (χ3v) is 5.09. The highest BCUT2D eigenvalue weighted by molar-refractivity contribution is 7.90. The fourth-order valence-corrected chi connectivity index (χ4v) is 2.36. The topological polar surface area (TPSA) is 72.5 Å². The predicted octanol–water partition coefficient (Wildman–Crippen LogP) is 1.93. The fourth-order valence-electron chi connectivity index (χ4n) is 1.46. The van der Waals surface area contributed by atoms with Crippen molar-refractivity contribution in [1.29, 1.82) is 0 Å². The van der Waals surface area contributed by atoms with Gasteiger partial charge in [-0.15, -0.1) is 0 Å². The van der Waals surface area contributed by atoms with Gasteiger partial charge in [-0.1, -0.05) is 29.8 Å². The maximum Gasteiger partial charge on any atom is 0.328 e. The second-order valence-corrected chi connectivity index (χ2v) is 8.07. The molecule has 1 atom stereocenters. The molecule has 5 nitrogen and oxygen atoms in total. The molecule has 0 aromatic heterocycles. The van der Waals surface area contributed by atoms with Crippen LogP contribution in [0.25, 0.3) is 0 Å². The van der Waals surface area contributed by atoms with Crippen molar-refractivity contribution in [3.63, 3.8) is 0 Å². The molecule has 1 N–H and O–H groups in total. The average Bonchev–Trinajstić information content (AvgIpc) is 2.35. The van der Waals surface area contributed by atoms with Gasteiger partial charge in [0.25, 0.3) is 0 Å². The van der Waals surface area contributed by atoms with Gasteiger partial charge in [0.15, 0.2) is 0 Å². The lowest BCUT2D eigenvalue weighted by atomic mass is 10.1.